The fraction of sp³-hybridized carbons (Fsp3) is 1.00. The van der Waals surface area contributed by atoms with Crippen molar-refractivity contribution in [3.05, 3.63) is 0 Å². The molecule has 1 fully saturated rings. The van der Waals surface area contributed by atoms with E-state index in [0.717, 1.165) is 0 Å². The summed E-state index contributed by atoms with van der Waals surface area (Å²) in [6.45, 7) is 10.7. The SMILES string of the molecule is [2H]C[C@H]1C[C@@H]([B])[C@@H](F)[C@@H]1OP(C)N(C(C)C)C(C)C. The Morgan fingerprint density at radius 3 is 2.39 bits per heavy atom. The monoisotopic (exact) mass is 274 g/mol. The first-order valence-electron chi connectivity index (χ1n) is 7.37. The first kappa shape index (κ1) is 14.7. The van der Waals surface area contributed by atoms with Crippen LogP contribution in [0.3, 0.4) is 0 Å². The smallest absolute Gasteiger partial charge is 0.122 e. The molecule has 0 heterocycles. The summed E-state index contributed by atoms with van der Waals surface area (Å²) in [6, 6.07) is 0.720. The number of hydrogen-bond acceptors (Lipinski definition) is 2. The summed E-state index contributed by atoms with van der Waals surface area (Å²) < 4.78 is 29.9. The zero-order valence-electron chi connectivity index (χ0n) is 13.1. The molecule has 5 heteroatoms. The maximum Gasteiger partial charge on any atom is 0.122 e. The number of nitrogens with zero attached hydrogens (tertiary/aromatic N) is 1. The molecule has 0 bridgehead atoms. The van der Waals surface area contributed by atoms with E-state index < -0.39 is 26.4 Å². The third-order valence-corrected chi connectivity index (χ3v) is 5.54. The summed E-state index contributed by atoms with van der Waals surface area (Å²) in [5.41, 5.74) is 0. The number of alkyl halides is 1. The molecule has 0 spiro atoms. The van der Waals surface area contributed by atoms with E-state index in [2.05, 4.69) is 32.4 Å². The van der Waals surface area contributed by atoms with Gasteiger partial charge in [0.05, 0.1) is 14.0 Å². The Labute approximate surface area is 115 Å². The maximum absolute atomic E-state index is 14.1. The van der Waals surface area contributed by atoms with Gasteiger partial charge in [0, 0.05) is 13.5 Å². The Morgan fingerprint density at radius 2 is 1.94 bits per heavy atom. The van der Waals surface area contributed by atoms with E-state index in [1.165, 1.54) is 0 Å². The van der Waals surface area contributed by atoms with Gasteiger partial charge >= 0.3 is 0 Å². The molecular weight excluding hydrogens is 247 g/mol. The molecule has 1 aliphatic carbocycles. The zero-order chi connectivity index (χ0) is 14.7. The average Bonchev–Trinajstić information content (AvgIpc) is 2.55. The summed E-state index contributed by atoms with van der Waals surface area (Å²) in [7, 11) is 4.90. The lowest BCUT2D eigenvalue weighted by Gasteiger charge is -2.37. The van der Waals surface area contributed by atoms with E-state index in [1.807, 2.05) is 6.66 Å². The molecule has 18 heavy (non-hydrogen) atoms. The van der Waals surface area contributed by atoms with Gasteiger partial charge < -0.3 is 4.52 Å². The second-order valence-corrected chi connectivity index (χ2v) is 7.31. The van der Waals surface area contributed by atoms with Crippen LogP contribution in [0.4, 0.5) is 4.39 Å². The predicted molar refractivity (Wildman–Crippen MR) is 78.0 cm³/mol. The van der Waals surface area contributed by atoms with Crippen molar-refractivity contribution in [1.29, 1.82) is 0 Å². The lowest BCUT2D eigenvalue weighted by molar-refractivity contribution is 0.0974. The third kappa shape index (κ3) is 3.68. The van der Waals surface area contributed by atoms with Crippen molar-refractivity contribution in [3.63, 3.8) is 0 Å². The summed E-state index contributed by atoms with van der Waals surface area (Å²) in [4.78, 5) is 0. The standard InChI is InChI=1S/C13H26BFNOP/c1-8(2)16(9(3)4)18(6)17-13-10(5)7-11(14)12(13)15/h8-13H,7H2,1-6H3/t10-,11+,12+,13+,18?/m0/s1/i5D. The Bertz CT molecular complexity index is 277. The van der Waals surface area contributed by atoms with Crippen LogP contribution in [0.15, 0.2) is 0 Å². The Balaban J connectivity index is 2.71. The van der Waals surface area contributed by atoms with Crippen molar-refractivity contribution in [2.24, 2.45) is 5.92 Å². The molecule has 5 atom stereocenters. The summed E-state index contributed by atoms with van der Waals surface area (Å²) >= 11 is 0. The van der Waals surface area contributed by atoms with Gasteiger partial charge in [-0.25, -0.2) is 4.39 Å². The van der Waals surface area contributed by atoms with Crippen LogP contribution >= 0.6 is 8.30 Å². The van der Waals surface area contributed by atoms with Gasteiger partial charge in [0.25, 0.3) is 0 Å². The minimum atomic E-state index is -1.14. The molecule has 1 aliphatic rings. The van der Waals surface area contributed by atoms with E-state index in [9.17, 15) is 4.39 Å². The van der Waals surface area contributed by atoms with Crippen LogP contribution in [-0.2, 0) is 4.52 Å². The number of hydrogen-bond donors (Lipinski definition) is 0. The molecule has 0 aliphatic heterocycles. The van der Waals surface area contributed by atoms with E-state index in [-0.39, 0.29) is 12.8 Å². The summed E-state index contributed by atoms with van der Waals surface area (Å²) in [5.74, 6) is -0.550. The molecule has 1 saturated carbocycles. The highest BCUT2D eigenvalue weighted by molar-refractivity contribution is 7.49. The molecule has 2 radical (unpaired) electrons. The van der Waals surface area contributed by atoms with Gasteiger partial charge in [-0.05, 0) is 46.1 Å². The fourth-order valence-corrected chi connectivity index (χ4v) is 4.79. The minimum absolute atomic E-state index is 0.0730. The largest absolute Gasteiger partial charge is 0.337 e. The minimum Gasteiger partial charge on any atom is -0.337 e. The Kier molecular flexibility index (Phi) is 5.47. The molecule has 2 nitrogen and oxygen atoms in total. The van der Waals surface area contributed by atoms with E-state index in [0.29, 0.717) is 18.5 Å². The molecule has 0 amide bonds. The Morgan fingerprint density at radius 1 is 1.39 bits per heavy atom. The number of rotatable bonds is 5. The normalized spacial score (nSPS) is 35.5. The van der Waals surface area contributed by atoms with Crippen LogP contribution < -0.4 is 0 Å². The molecule has 0 N–H and O–H groups in total. The summed E-state index contributed by atoms with van der Waals surface area (Å²) in [5, 5.41) is 0. The molecule has 0 aromatic heterocycles. The summed E-state index contributed by atoms with van der Waals surface area (Å²) in [6.07, 6.45) is -1.09. The van der Waals surface area contributed by atoms with Crippen LogP contribution in [0.2, 0.25) is 5.82 Å². The van der Waals surface area contributed by atoms with Crippen molar-refractivity contribution >= 4 is 16.1 Å². The fourth-order valence-electron chi connectivity index (χ4n) is 2.74. The second-order valence-electron chi connectivity index (χ2n) is 5.71. The van der Waals surface area contributed by atoms with Crippen molar-refractivity contribution in [3.8, 4) is 0 Å². The van der Waals surface area contributed by atoms with Crippen LogP contribution in [-0.4, -0.2) is 43.5 Å². The molecule has 104 valence electrons. The predicted octanol–water partition coefficient (Wildman–Crippen LogP) is 3.77. The van der Waals surface area contributed by atoms with Crippen molar-refractivity contribution in [2.75, 3.05) is 6.66 Å². The first-order valence-corrected chi connectivity index (χ1v) is 8.33. The quantitative estimate of drug-likeness (QED) is 0.559. The van der Waals surface area contributed by atoms with Crippen molar-refractivity contribution < 1.29 is 10.3 Å². The topological polar surface area (TPSA) is 12.5 Å². The Hall–Kier alpha value is 0.345. The lowest BCUT2D eigenvalue weighted by atomic mass is 9.84. The van der Waals surface area contributed by atoms with Gasteiger partial charge in [-0.15, -0.1) is 0 Å². The van der Waals surface area contributed by atoms with Crippen molar-refractivity contribution in [1.82, 2.24) is 4.67 Å². The van der Waals surface area contributed by atoms with Crippen LogP contribution in [0, 0.1) is 5.92 Å². The average molecular weight is 274 g/mol. The third-order valence-electron chi connectivity index (χ3n) is 3.42. The van der Waals surface area contributed by atoms with E-state index in [4.69, 9.17) is 13.7 Å². The molecule has 0 saturated heterocycles. The highest BCUT2D eigenvalue weighted by Crippen LogP contribution is 2.48. The van der Waals surface area contributed by atoms with E-state index in [1.54, 1.807) is 0 Å². The van der Waals surface area contributed by atoms with Crippen LogP contribution in [0.25, 0.3) is 0 Å². The van der Waals surface area contributed by atoms with Gasteiger partial charge in [-0.3, -0.25) is 4.67 Å². The van der Waals surface area contributed by atoms with Gasteiger partial charge in [0.2, 0.25) is 0 Å². The maximum atomic E-state index is 14.1. The molecular formula is C13H26BFNOP. The number of halogens is 1. The van der Waals surface area contributed by atoms with Gasteiger partial charge in [-0.2, -0.15) is 0 Å². The molecule has 0 aromatic rings. The highest BCUT2D eigenvalue weighted by atomic mass is 31.2. The molecule has 1 rings (SSSR count). The van der Waals surface area contributed by atoms with E-state index >= 15 is 0 Å². The zero-order valence-corrected chi connectivity index (χ0v) is 13.0. The first-order chi connectivity index (χ1) is 8.79. The highest BCUT2D eigenvalue weighted by Gasteiger charge is 2.41. The second kappa shape index (κ2) is 6.68. The van der Waals surface area contributed by atoms with Crippen molar-refractivity contribution in [2.45, 2.75) is 71.2 Å². The van der Waals surface area contributed by atoms with Crippen LogP contribution in [0.1, 0.15) is 42.4 Å². The lowest BCUT2D eigenvalue weighted by Crippen LogP contribution is -2.35. The van der Waals surface area contributed by atoms with Gasteiger partial charge in [0.1, 0.15) is 14.5 Å². The molecule has 0 aromatic carbocycles. The van der Waals surface area contributed by atoms with Gasteiger partial charge in [0.15, 0.2) is 0 Å². The van der Waals surface area contributed by atoms with Crippen LogP contribution in [0.5, 0.6) is 0 Å². The molecule has 1 unspecified atom stereocenters. The van der Waals surface area contributed by atoms with Gasteiger partial charge in [-0.1, -0.05) is 13.3 Å².